The Kier molecular flexibility index (Phi) is 5.52. The van der Waals surface area contributed by atoms with Gasteiger partial charge in [-0.05, 0) is 30.5 Å². The molecule has 0 spiro atoms. The van der Waals surface area contributed by atoms with Crippen LogP contribution in [0, 0.1) is 17.7 Å². The van der Waals surface area contributed by atoms with Crippen molar-refractivity contribution >= 4 is 11.6 Å². The maximum atomic E-state index is 15.2. The van der Waals surface area contributed by atoms with E-state index in [1.807, 2.05) is 6.07 Å². The first-order valence-corrected chi connectivity index (χ1v) is 11.7. The standard InChI is InChI=1S/C23H19ClF2N10/c1-34-22(23(26)30-32-34)15-10-29-35(11-15)19(8-13-2-3-13)17-6-4-14(9-27-17)20-18(36-12-28-31-33-36)7-5-16(24)21(20)25/h4-7,9-13,19H,2-3,8H2,1H3/p+1/t19-/m0/s1. The number of benzene rings is 1. The lowest BCUT2D eigenvalue weighted by Gasteiger charge is -2.18. The molecule has 1 N–H and O–H groups in total. The fourth-order valence-electron chi connectivity index (χ4n) is 4.36. The number of nitrogens with zero attached hydrogens (tertiary/aromatic N) is 9. The van der Waals surface area contributed by atoms with Crippen molar-refractivity contribution < 1.29 is 13.5 Å². The lowest BCUT2D eigenvalue weighted by atomic mass is 10.0. The highest BCUT2D eigenvalue weighted by Crippen LogP contribution is 2.39. The van der Waals surface area contributed by atoms with Gasteiger partial charge in [0.25, 0.3) is 12.3 Å². The SMILES string of the molecule is Cn1nnc(F)c1-c1cnn([C@@H](CC2CC2)c2ccc(-c3c(-[n+]4cnn[nH]4)ccc(Cl)c3F)cn2)c1. The van der Waals surface area contributed by atoms with Crippen molar-refractivity contribution in [1.82, 2.24) is 45.3 Å². The number of nitrogens with one attached hydrogen (secondary N) is 1. The van der Waals surface area contributed by atoms with Gasteiger partial charge in [-0.2, -0.15) is 9.49 Å². The number of rotatable bonds is 7. The predicted molar refractivity (Wildman–Crippen MR) is 124 cm³/mol. The lowest BCUT2D eigenvalue weighted by molar-refractivity contribution is -0.659. The Bertz CT molecular complexity index is 1500. The maximum absolute atomic E-state index is 15.2. The molecule has 0 radical (unpaired) electrons. The molecule has 0 amide bonds. The first kappa shape index (κ1) is 22.4. The molecule has 10 nitrogen and oxygen atoms in total. The number of pyridine rings is 1. The predicted octanol–water partition coefficient (Wildman–Crippen LogP) is 3.46. The zero-order chi connectivity index (χ0) is 24.8. The van der Waals surface area contributed by atoms with Gasteiger partial charge < -0.3 is 0 Å². The van der Waals surface area contributed by atoms with Crippen LogP contribution in [0.15, 0.2) is 49.2 Å². The Labute approximate surface area is 208 Å². The molecule has 1 saturated carbocycles. The number of H-pyrrole nitrogens is 1. The summed E-state index contributed by atoms with van der Waals surface area (Å²) in [6, 6.07) is 6.66. The molecule has 4 heterocycles. The van der Waals surface area contributed by atoms with E-state index in [9.17, 15) is 4.39 Å². The molecule has 1 aliphatic carbocycles. The highest BCUT2D eigenvalue weighted by molar-refractivity contribution is 6.31. The van der Waals surface area contributed by atoms with E-state index in [-0.39, 0.29) is 22.3 Å². The summed E-state index contributed by atoms with van der Waals surface area (Å²) in [6.07, 6.45) is 9.57. The van der Waals surface area contributed by atoms with Crippen molar-refractivity contribution in [2.24, 2.45) is 13.0 Å². The van der Waals surface area contributed by atoms with Crippen LogP contribution < -0.4 is 4.68 Å². The number of hydrogen-bond acceptors (Lipinski definition) is 6. The van der Waals surface area contributed by atoms with Gasteiger partial charge in [0.15, 0.2) is 11.0 Å². The van der Waals surface area contributed by atoms with Crippen molar-refractivity contribution in [2.45, 2.75) is 25.3 Å². The van der Waals surface area contributed by atoms with Gasteiger partial charge in [-0.15, -0.1) is 4.68 Å². The van der Waals surface area contributed by atoms with E-state index < -0.39 is 11.8 Å². The third-order valence-corrected chi connectivity index (χ3v) is 6.65. The molecular weight excluding hydrogens is 490 g/mol. The van der Waals surface area contributed by atoms with Gasteiger partial charge in [-0.1, -0.05) is 46.0 Å². The molecule has 1 atom stereocenters. The third kappa shape index (κ3) is 4.02. The normalized spacial score (nSPS) is 14.3. The molecule has 0 saturated heterocycles. The summed E-state index contributed by atoms with van der Waals surface area (Å²) < 4.78 is 34.0. The number of aryl methyl sites for hydroxylation is 1. The van der Waals surface area contributed by atoms with Crippen LogP contribution in [0.4, 0.5) is 8.78 Å². The Morgan fingerprint density at radius 3 is 2.69 bits per heavy atom. The highest BCUT2D eigenvalue weighted by Gasteiger charge is 2.29. The third-order valence-electron chi connectivity index (χ3n) is 6.36. The number of tetrazole rings is 1. The van der Waals surface area contributed by atoms with E-state index in [4.69, 9.17) is 11.6 Å². The summed E-state index contributed by atoms with van der Waals surface area (Å²) in [6.45, 7) is 0. The minimum Gasteiger partial charge on any atom is -0.263 e. The Balaban J connectivity index is 1.37. The van der Waals surface area contributed by atoms with Crippen LogP contribution in [-0.2, 0) is 7.05 Å². The summed E-state index contributed by atoms with van der Waals surface area (Å²) in [5.74, 6) is -0.646. The molecule has 5 aromatic rings. The quantitative estimate of drug-likeness (QED) is 0.337. The summed E-state index contributed by atoms with van der Waals surface area (Å²) in [5.41, 5.74) is 2.93. The summed E-state index contributed by atoms with van der Waals surface area (Å²) in [5, 5.41) is 21.9. The minimum absolute atomic E-state index is 0.00142. The van der Waals surface area contributed by atoms with Crippen LogP contribution >= 0.6 is 11.6 Å². The van der Waals surface area contributed by atoms with Gasteiger partial charge in [0.05, 0.1) is 28.5 Å². The number of hydrogen-bond donors (Lipinski definition) is 1. The maximum Gasteiger partial charge on any atom is 0.293 e. The van der Waals surface area contributed by atoms with Gasteiger partial charge in [0.1, 0.15) is 16.5 Å². The summed E-state index contributed by atoms with van der Waals surface area (Å²) >= 11 is 6.09. The molecular formula is C23H20ClF2N10+. The van der Waals surface area contributed by atoms with E-state index >= 15 is 4.39 Å². The van der Waals surface area contributed by atoms with E-state index in [1.165, 1.54) is 21.8 Å². The van der Waals surface area contributed by atoms with E-state index in [2.05, 4.69) is 35.9 Å². The fourth-order valence-corrected chi connectivity index (χ4v) is 4.52. The minimum atomic E-state index is -0.650. The first-order valence-electron chi connectivity index (χ1n) is 11.3. The number of aromatic nitrogens is 10. The topological polar surface area (TPSA) is 107 Å². The van der Waals surface area contributed by atoms with Gasteiger partial charge in [-0.3, -0.25) is 9.67 Å². The van der Waals surface area contributed by atoms with Gasteiger partial charge in [0, 0.05) is 30.6 Å². The van der Waals surface area contributed by atoms with Gasteiger partial charge in [-0.25, -0.2) is 9.07 Å². The molecule has 1 aromatic carbocycles. The second-order valence-corrected chi connectivity index (χ2v) is 9.19. The molecule has 0 unspecified atom stereocenters. The highest BCUT2D eigenvalue weighted by atomic mass is 35.5. The number of halogens is 3. The van der Waals surface area contributed by atoms with E-state index in [0.29, 0.717) is 22.7 Å². The average Bonchev–Trinajstić information content (AvgIpc) is 3.23. The zero-order valence-corrected chi connectivity index (χ0v) is 19.8. The monoisotopic (exact) mass is 509 g/mol. The Hall–Kier alpha value is -4.06. The van der Waals surface area contributed by atoms with Crippen LogP contribution in [0.5, 0.6) is 0 Å². The molecule has 0 bridgehead atoms. The van der Waals surface area contributed by atoms with Crippen LogP contribution in [0.1, 0.15) is 31.0 Å². The van der Waals surface area contributed by atoms with Crippen molar-refractivity contribution in [3.05, 3.63) is 71.7 Å². The van der Waals surface area contributed by atoms with Crippen LogP contribution in [0.2, 0.25) is 5.02 Å². The molecule has 1 aliphatic rings. The smallest absolute Gasteiger partial charge is 0.263 e. The van der Waals surface area contributed by atoms with Crippen molar-refractivity contribution in [3.8, 4) is 28.1 Å². The van der Waals surface area contributed by atoms with Gasteiger partial charge >= 0.3 is 0 Å². The second kappa shape index (κ2) is 8.86. The Morgan fingerprint density at radius 1 is 1.17 bits per heavy atom. The first-order chi connectivity index (χ1) is 17.5. The summed E-state index contributed by atoms with van der Waals surface area (Å²) in [7, 11) is 1.63. The summed E-state index contributed by atoms with van der Waals surface area (Å²) in [4.78, 5) is 4.69. The van der Waals surface area contributed by atoms with Crippen LogP contribution in [-0.4, -0.2) is 45.3 Å². The van der Waals surface area contributed by atoms with Crippen molar-refractivity contribution in [2.75, 3.05) is 0 Å². The Morgan fingerprint density at radius 2 is 2.03 bits per heavy atom. The van der Waals surface area contributed by atoms with E-state index in [0.717, 1.165) is 25.0 Å². The molecule has 182 valence electrons. The zero-order valence-electron chi connectivity index (χ0n) is 19.1. The van der Waals surface area contributed by atoms with Crippen LogP contribution in [0.25, 0.3) is 28.1 Å². The van der Waals surface area contributed by atoms with E-state index in [1.54, 1.807) is 42.5 Å². The average molecular weight is 510 g/mol. The van der Waals surface area contributed by atoms with Crippen molar-refractivity contribution in [3.63, 3.8) is 0 Å². The molecule has 6 rings (SSSR count). The number of aromatic amines is 1. The fraction of sp³-hybridized carbons (Fsp3) is 0.261. The molecule has 1 fully saturated rings. The lowest BCUT2D eigenvalue weighted by Crippen LogP contribution is -2.33. The largest absolute Gasteiger partial charge is 0.293 e. The van der Waals surface area contributed by atoms with Gasteiger partial charge in [0.2, 0.25) is 0 Å². The molecule has 36 heavy (non-hydrogen) atoms. The second-order valence-electron chi connectivity index (χ2n) is 8.78. The molecule has 0 aliphatic heterocycles. The van der Waals surface area contributed by atoms with Crippen molar-refractivity contribution in [1.29, 1.82) is 0 Å². The molecule has 4 aromatic heterocycles. The van der Waals surface area contributed by atoms with Crippen LogP contribution in [0.3, 0.4) is 0 Å². The molecule has 13 heteroatoms.